The molecule has 0 saturated carbocycles. The van der Waals surface area contributed by atoms with Gasteiger partial charge in [0.2, 0.25) is 0 Å². The van der Waals surface area contributed by atoms with E-state index in [4.69, 9.17) is 0 Å². The summed E-state index contributed by atoms with van der Waals surface area (Å²) in [7, 11) is 0. The molecule has 0 radical (unpaired) electrons. The fourth-order valence-electron chi connectivity index (χ4n) is 2.45. The highest BCUT2D eigenvalue weighted by molar-refractivity contribution is 14.0. The van der Waals surface area contributed by atoms with E-state index in [0.29, 0.717) is 12.5 Å². The van der Waals surface area contributed by atoms with E-state index in [0.717, 1.165) is 32.1 Å². The monoisotopic (exact) mass is 462 g/mol. The Balaban J connectivity index is 0.00000288. The molecule has 0 spiro atoms. The minimum absolute atomic E-state index is 0. The van der Waals surface area contributed by atoms with E-state index in [-0.39, 0.29) is 24.0 Å². The van der Waals surface area contributed by atoms with Gasteiger partial charge in [0.15, 0.2) is 5.96 Å². The molecule has 6 heteroatoms. The van der Waals surface area contributed by atoms with Crippen LogP contribution >= 0.6 is 35.7 Å². The van der Waals surface area contributed by atoms with Gasteiger partial charge in [-0.25, -0.2) is 4.99 Å². The fraction of sp³-hybridized carbons (Fsp3) is 0.611. The molecule has 1 aromatic rings. The average molecular weight is 462 g/mol. The molecule has 0 bridgehead atoms. The Morgan fingerprint density at radius 1 is 1.17 bits per heavy atom. The van der Waals surface area contributed by atoms with Gasteiger partial charge in [0.05, 0.1) is 6.54 Å². The van der Waals surface area contributed by atoms with Crippen LogP contribution in [0.4, 0.5) is 5.69 Å². The van der Waals surface area contributed by atoms with Gasteiger partial charge in [0.1, 0.15) is 0 Å². The molecular weight excluding hydrogens is 431 g/mol. The summed E-state index contributed by atoms with van der Waals surface area (Å²) in [5, 5.41) is 6.68. The molecule has 136 valence electrons. The van der Waals surface area contributed by atoms with Crippen LogP contribution in [-0.2, 0) is 6.54 Å². The van der Waals surface area contributed by atoms with Gasteiger partial charge in [-0.05, 0) is 30.5 Å². The molecule has 1 aromatic carbocycles. The quantitative estimate of drug-likeness (QED) is 0.385. The summed E-state index contributed by atoms with van der Waals surface area (Å²) < 4.78 is 0. The molecule has 4 nitrogen and oxygen atoms in total. The molecule has 1 heterocycles. The number of anilines is 1. The molecule has 0 atom stereocenters. The Bertz CT molecular complexity index is 484. The van der Waals surface area contributed by atoms with Crippen molar-refractivity contribution in [2.24, 2.45) is 10.9 Å². The number of rotatable bonds is 6. The van der Waals surface area contributed by atoms with Crippen molar-refractivity contribution in [1.82, 2.24) is 10.6 Å². The Hall–Kier alpha value is -0.630. The first-order chi connectivity index (χ1) is 11.2. The molecule has 0 unspecified atom stereocenters. The van der Waals surface area contributed by atoms with Crippen LogP contribution in [0, 0.1) is 5.92 Å². The third-order valence-corrected chi connectivity index (χ3v) is 4.70. The van der Waals surface area contributed by atoms with Crippen molar-refractivity contribution in [3.8, 4) is 0 Å². The fourth-order valence-corrected chi connectivity index (χ4v) is 3.35. The van der Waals surface area contributed by atoms with Gasteiger partial charge in [-0.1, -0.05) is 26.0 Å². The Morgan fingerprint density at radius 3 is 2.42 bits per heavy atom. The molecule has 1 aliphatic rings. The summed E-state index contributed by atoms with van der Waals surface area (Å²) >= 11 is 2.05. The standard InChI is InChI=1S/C18H30N4S.HI/c1-4-19-18(20-13-15(2)3)21-14-16-5-7-17(8-6-16)22-9-11-23-12-10-22;/h5-8,15H,4,9-14H2,1-3H3,(H2,19,20,21);1H. The summed E-state index contributed by atoms with van der Waals surface area (Å²) in [5.74, 6) is 3.98. The van der Waals surface area contributed by atoms with Gasteiger partial charge in [0.25, 0.3) is 0 Å². The number of benzene rings is 1. The van der Waals surface area contributed by atoms with Gasteiger partial charge in [0, 0.05) is 43.4 Å². The zero-order valence-corrected chi connectivity index (χ0v) is 18.2. The van der Waals surface area contributed by atoms with Gasteiger partial charge in [-0.15, -0.1) is 24.0 Å². The zero-order chi connectivity index (χ0) is 16.5. The SMILES string of the molecule is CCNC(=NCc1ccc(N2CCSCC2)cc1)NCC(C)C.I. The zero-order valence-electron chi connectivity index (χ0n) is 15.0. The molecular formula is C18H31IN4S. The van der Waals surface area contributed by atoms with E-state index in [9.17, 15) is 0 Å². The van der Waals surface area contributed by atoms with Crippen molar-refractivity contribution in [2.75, 3.05) is 42.6 Å². The lowest BCUT2D eigenvalue weighted by Crippen LogP contribution is -2.39. The van der Waals surface area contributed by atoms with E-state index in [2.05, 4.69) is 65.6 Å². The lowest BCUT2D eigenvalue weighted by Gasteiger charge is -2.28. The highest BCUT2D eigenvalue weighted by Crippen LogP contribution is 2.20. The largest absolute Gasteiger partial charge is 0.370 e. The Morgan fingerprint density at radius 2 is 1.83 bits per heavy atom. The minimum atomic E-state index is 0. The molecule has 1 aliphatic heterocycles. The first-order valence-corrected chi connectivity index (χ1v) is 9.78. The maximum atomic E-state index is 4.68. The van der Waals surface area contributed by atoms with E-state index >= 15 is 0 Å². The number of hydrogen-bond donors (Lipinski definition) is 2. The normalized spacial score (nSPS) is 15.2. The number of halogens is 1. The Kier molecular flexibility index (Phi) is 10.6. The van der Waals surface area contributed by atoms with Gasteiger partial charge >= 0.3 is 0 Å². The second-order valence-electron chi connectivity index (χ2n) is 6.24. The molecule has 0 aromatic heterocycles. The van der Waals surface area contributed by atoms with Crippen LogP contribution in [-0.4, -0.2) is 43.6 Å². The number of guanidine groups is 1. The second kappa shape index (κ2) is 11.8. The highest BCUT2D eigenvalue weighted by atomic mass is 127. The van der Waals surface area contributed by atoms with Gasteiger partial charge < -0.3 is 15.5 Å². The van der Waals surface area contributed by atoms with E-state index in [1.807, 2.05) is 11.8 Å². The van der Waals surface area contributed by atoms with Crippen molar-refractivity contribution >= 4 is 47.4 Å². The summed E-state index contributed by atoms with van der Waals surface area (Å²) in [6.45, 7) is 11.4. The summed E-state index contributed by atoms with van der Waals surface area (Å²) in [6.07, 6.45) is 0. The van der Waals surface area contributed by atoms with Crippen molar-refractivity contribution in [1.29, 1.82) is 0 Å². The van der Waals surface area contributed by atoms with E-state index in [1.165, 1.54) is 22.8 Å². The number of nitrogens with zero attached hydrogens (tertiary/aromatic N) is 2. The third-order valence-electron chi connectivity index (χ3n) is 3.75. The van der Waals surface area contributed by atoms with Gasteiger partial charge in [-0.2, -0.15) is 11.8 Å². The van der Waals surface area contributed by atoms with Crippen LogP contribution in [0.25, 0.3) is 0 Å². The van der Waals surface area contributed by atoms with Crippen molar-refractivity contribution in [3.63, 3.8) is 0 Å². The predicted octanol–water partition coefficient (Wildman–Crippen LogP) is 3.57. The first-order valence-electron chi connectivity index (χ1n) is 8.63. The minimum Gasteiger partial charge on any atom is -0.370 e. The average Bonchev–Trinajstić information content (AvgIpc) is 2.58. The molecule has 0 amide bonds. The number of nitrogens with one attached hydrogen (secondary N) is 2. The third kappa shape index (κ3) is 7.51. The van der Waals surface area contributed by atoms with Crippen molar-refractivity contribution in [3.05, 3.63) is 29.8 Å². The molecule has 1 saturated heterocycles. The smallest absolute Gasteiger partial charge is 0.191 e. The predicted molar refractivity (Wildman–Crippen MR) is 119 cm³/mol. The van der Waals surface area contributed by atoms with E-state index < -0.39 is 0 Å². The molecule has 2 rings (SSSR count). The van der Waals surface area contributed by atoms with Crippen LogP contribution < -0.4 is 15.5 Å². The van der Waals surface area contributed by atoms with Crippen molar-refractivity contribution < 1.29 is 0 Å². The first kappa shape index (κ1) is 21.4. The van der Waals surface area contributed by atoms with Crippen molar-refractivity contribution in [2.45, 2.75) is 27.3 Å². The number of thioether (sulfide) groups is 1. The summed E-state index contributed by atoms with van der Waals surface area (Å²) in [4.78, 5) is 7.15. The van der Waals surface area contributed by atoms with Crippen LogP contribution in [0.1, 0.15) is 26.3 Å². The summed E-state index contributed by atoms with van der Waals surface area (Å²) in [5.41, 5.74) is 2.59. The lowest BCUT2D eigenvalue weighted by molar-refractivity contribution is 0.615. The summed E-state index contributed by atoms with van der Waals surface area (Å²) in [6, 6.07) is 8.86. The van der Waals surface area contributed by atoms with Crippen LogP contribution in [0.15, 0.2) is 29.3 Å². The number of hydrogen-bond acceptors (Lipinski definition) is 3. The molecule has 0 aliphatic carbocycles. The maximum Gasteiger partial charge on any atom is 0.191 e. The van der Waals surface area contributed by atoms with Crippen LogP contribution in [0.3, 0.4) is 0 Å². The topological polar surface area (TPSA) is 39.7 Å². The second-order valence-corrected chi connectivity index (χ2v) is 7.46. The Labute approximate surface area is 168 Å². The maximum absolute atomic E-state index is 4.68. The highest BCUT2D eigenvalue weighted by Gasteiger charge is 2.10. The number of aliphatic imine (C=N–C) groups is 1. The molecule has 1 fully saturated rings. The van der Waals surface area contributed by atoms with Crippen LogP contribution in [0.2, 0.25) is 0 Å². The van der Waals surface area contributed by atoms with Crippen LogP contribution in [0.5, 0.6) is 0 Å². The molecule has 2 N–H and O–H groups in total. The lowest BCUT2D eigenvalue weighted by atomic mass is 10.2. The van der Waals surface area contributed by atoms with E-state index in [1.54, 1.807) is 0 Å². The molecule has 24 heavy (non-hydrogen) atoms. The van der Waals surface area contributed by atoms with Gasteiger partial charge in [-0.3, -0.25) is 0 Å².